The van der Waals surface area contributed by atoms with E-state index < -0.39 is 23.8 Å². The molecule has 384 valence electrons. The predicted molar refractivity (Wildman–Crippen MR) is 284 cm³/mol. The lowest BCUT2D eigenvalue weighted by atomic mass is 9.83. The van der Waals surface area contributed by atoms with Crippen molar-refractivity contribution in [3.05, 3.63) is 131 Å². The molecule has 0 radical (unpaired) electrons. The van der Waals surface area contributed by atoms with Gasteiger partial charge in [-0.1, -0.05) is 87.8 Å². The van der Waals surface area contributed by atoms with E-state index in [1.54, 1.807) is 0 Å². The maximum atomic E-state index is 13.1. The monoisotopic (exact) mass is 1000 g/mol. The Morgan fingerprint density at radius 2 is 1.09 bits per heavy atom. The summed E-state index contributed by atoms with van der Waals surface area (Å²) < 4.78 is 30.6. The molecule has 7 aromatic rings. The number of benzene rings is 6. The number of ether oxygens (including phenoxy) is 4. The van der Waals surface area contributed by atoms with Crippen molar-refractivity contribution in [2.24, 2.45) is 0 Å². The van der Waals surface area contributed by atoms with Gasteiger partial charge in [0.15, 0.2) is 24.7 Å². The lowest BCUT2D eigenvalue weighted by Gasteiger charge is -2.24. The molecule has 74 heavy (non-hydrogen) atoms. The number of rotatable bonds is 17. The highest BCUT2D eigenvalue weighted by Crippen LogP contribution is 2.44. The van der Waals surface area contributed by atoms with Crippen molar-refractivity contribution in [3.63, 3.8) is 0 Å². The van der Waals surface area contributed by atoms with Gasteiger partial charge in [-0.2, -0.15) is 0 Å². The second kappa shape index (κ2) is 22.7. The number of carboxylic acids is 2. The van der Waals surface area contributed by atoms with Crippen LogP contribution in [-0.4, -0.2) is 72.5 Å². The van der Waals surface area contributed by atoms with Crippen LogP contribution in [0.2, 0.25) is 0 Å². The molecule has 0 spiro atoms. The molecular weight excluding hydrogens is 937 g/mol. The van der Waals surface area contributed by atoms with Crippen LogP contribution in [0.1, 0.15) is 130 Å². The zero-order valence-corrected chi connectivity index (χ0v) is 41.9. The minimum absolute atomic E-state index is 0.0888. The minimum atomic E-state index is -0.973. The molecule has 2 amide bonds. The number of carboxylic acid groups (broad SMARTS) is 2. The van der Waals surface area contributed by atoms with Crippen molar-refractivity contribution in [2.45, 2.75) is 121 Å². The van der Waals surface area contributed by atoms with Gasteiger partial charge in [0.2, 0.25) is 0 Å². The van der Waals surface area contributed by atoms with Crippen molar-refractivity contribution in [3.8, 4) is 34.3 Å². The fourth-order valence-electron chi connectivity index (χ4n) is 11.3. The molecule has 10 rings (SSSR count). The number of nitrogens with one attached hydrogen (secondary N) is 2. The van der Waals surface area contributed by atoms with E-state index in [9.17, 15) is 29.4 Å². The fourth-order valence-corrected chi connectivity index (χ4v) is 11.3. The van der Waals surface area contributed by atoms with E-state index in [1.807, 2.05) is 110 Å². The summed E-state index contributed by atoms with van der Waals surface area (Å²) in [4.78, 5) is 51.2. The molecule has 1 aromatic heterocycles. The first-order chi connectivity index (χ1) is 36.0. The highest BCUT2D eigenvalue weighted by Gasteiger charge is 2.27. The summed E-state index contributed by atoms with van der Waals surface area (Å²) in [7, 11) is 0. The van der Waals surface area contributed by atoms with Crippen LogP contribution in [-0.2, 0) is 19.2 Å². The summed E-state index contributed by atoms with van der Waals surface area (Å²) in [5.41, 5.74) is 5.27. The number of aryl methyl sites for hydroxylation is 1. The number of hydrogen-bond donors (Lipinski definition) is 4. The van der Waals surface area contributed by atoms with E-state index in [4.69, 9.17) is 23.4 Å². The Hall–Kier alpha value is -7.54. The predicted octanol–water partition coefficient (Wildman–Crippen LogP) is 12.1. The summed E-state index contributed by atoms with van der Waals surface area (Å²) in [6.07, 6.45) is 12.7. The Morgan fingerprint density at radius 1 is 0.554 bits per heavy atom. The third-order valence-electron chi connectivity index (χ3n) is 15.0. The van der Waals surface area contributed by atoms with Crippen molar-refractivity contribution in [1.82, 2.24) is 10.6 Å². The number of carbonyl (C=O) groups excluding carboxylic acids is 2. The zero-order chi connectivity index (χ0) is 51.1. The van der Waals surface area contributed by atoms with Crippen LogP contribution in [0.5, 0.6) is 23.0 Å². The van der Waals surface area contributed by atoms with Crippen LogP contribution < -0.4 is 29.6 Å². The van der Waals surface area contributed by atoms with E-state index in [1.165, 1.54) is 25.7 Å². The highest BCUT2D eigenvalue weighted by molar-refractivity contribution is 5.99. The molecule has 2 atom stereocenters. The molecule has 4 N–H and O–H groups in total. The smallest absolute Gasteiger partial charge is 0.304 e. The van der Waals surface area contributed by atoms with Crippen LogP contribution in [0.4, 0.5) is 0 Å². The van der Waals surface area contributed by atoms with Gasteiger partial charge in [-0.25, -0.2) is 0 Å². The van der Waals surface area contributed by atoms with Gasteiger partial charge >= 0.3 is 11.9 Å². The molecule has 13 heteroatoms. The van der Waals surface area contributed by atoms with Gasteiger partial charge < -0.3 is 44.2 Å². The van der Waals surface area contributed by atoms with Gasteiger partial charge in [0.05, 0.1) is 12.8 Å². The third-order valence-corrected chi connectivity index (χ3v) is 15.0. The quantitative estimate of drug-likeness (QED) is 0.0637. The van der Waals surface area contributed by atoms with Gasteiger partial charge in [0.1, 0.15) is 36.1 Å². The van der Waals surface area contributed by atoms with Crippen LogP contribution in [0, 0.1) is 6.92 Å². The van der Waals surface area contributed by atoms with Gasteiger partial charge in [0, 0.05) is 34.9 Å². The molecule has 2 aliphatic carbocycles. The summed E-state index contributed by atoms with van der Waals surface area (Å²) in [5, 5.41) is 31.1. The van der Waals surface area contributed by atoms with Crippen molar-refractivity contribution < 1.29 is 52.8 Å². The molecule has 3 aliphatic rings. The lowest BCUT2D eigenvalue weighted by molar-refractivity contribution is -0.138. The summed E-state index contributed by atoms with van der Waals surface area (Å²) in [6, 6.07) is 33.0. The molecule has 2 fully saturated rings. The number of carbonyl (C=O) groups is 4. The molecule has 0 bridgehead atoms. The summed E-state index contributed by atoms with van der Waals surface area (Å²) >= 11 is 0. The largest absolute Gasteiger partial charge is 0.486 e. The topological polar surface area (TPSA) is 183 Å². The maximum Gasteiger partial charge on any atom is 0.304 e. The molecule has 2 saturated carbocycles. The maximum absolute atomic E-state index is 13.1. The van der Waals surface area contributed by atoms with E-state index in [0.29, 0.717) is 47.6 Å². The average Bonchev–Trinajstić information content (AvgIpc) is 3.50. The van der Waals surface area contributed by atoms with Gasteiger partial charge in [-0.05, 0) is 149 Å². The van der Waals surface area contributed by atoms with Crippen molar-refractivity contribution in [1.29, 1.82) is 0 Å². The third kappa shape index (κ3) is 11.9. The molecule has 1 aliphatic heterocycles. The lowest BCUT2D eigenvalue weighted by Crippen LogP contribution is -2.37. The van der Waals surface area contributed by atoms with E-state index in [0.717, 1.165) is 112 Å². The Kier molecular flexibility index (Phi) is 15.3. The SMILES string of the molecule is Cc1cc2c(cc1C(CC(=O)O)c1cc(-c3cc4cc(C(CC(=O)O)c5ccc6ccc(OCC(=O)NC7CCCCCC7)cc6c5)ccc4o3)c3ccc(OCC(=O)NC4CCCCCC4)cc3c1)OCCO2. The number of amides is 2. The van der Waals surface area contributed by atoms with Gasteiger partial charge in [-0.3, -0.25) is 19.2 Å². The molecular formula is C61H64N2O11. The number of furan rings is 1. The summed E-state index contributed by atoms with van der Waals surface area (Å²) in [6.45, 7) is 2.52. The molecule has 0 saturated heterocycles. The second-order valence-corrected chi connectivity index (χ2v) is 20.4. The Bertz CT molecular complexity index is 3200. The molecule has 13 nitrogen and oxygen atoms in total. The van der Waals surface area contributed by atoms with E-state index >= 15 is 0 Å². The van der Waals surface area contributed by atoms with Crippen LogP contribution in [0.25, 0.3) is 43.8 Å². The second-order valence-electron chi connectivity index (χ2n) is 20.4. The van der Waals surface area contributed by atoms with Crippen LogP contribution in [0.15, 0.2) is 108 Å². The highest BCUT2D eigenvalue weighted by atomic mass is 16.6. The first-order valence-electron chi connectivity index (χ1n) is 26.3. The number of hydrogen-bond acceptors (Lipinski definition) is 9. The molecule has 6 aromatic carbocycles. The van der Waals surface area contributed by atoms with E-state index in [-0.39, 0.29) is 50.0 Å². The fraction of sp³-hybridized carbons (Fsp3) is 0.377. The molecule has 2 unspecified atom stereocenters. The number of aliphatic carboxylic acids is 2. The Labute approximate surface area is 430 Å². The van der Waals surface area contributed by atoms with E-state index in [2.05, 4.69) is 10.6 Å². The van der Waals surface area contributed by atoms with Crippen molar-refractivity contribution in [2.75, 3.05) is 26.4 Å². The van der Waals surface area contributed by atoms with Gasteiger partial charge in [-0.15, -0.1) is 0 Å². The van der Waals surface area contributed by atoms with Gasteiger partial charge in [0.25, 0.3) is 11.8 Å². The normalized spacial score (nSPS) is 16.2. The summed E-state index contributed by atoms with van der Waals surface area (Å²) in [5.74, 6) is -0.598. The van der Waals surface area contributed by atoms with Crippen LogP contribution in [0.3, 0.4) is 0 Å². The Morgan fingerprint density at radius 3 is 1.73 bits per heavy atom. The standard InChI is InChI=1S/C61H64N2O11/c1-37-24-56-57(71-23-22-70-56)32-50(37)52(34-61(68)69)43-27-42-29-48(73-36-59(65)63-46-12-8-4-5-9-13-46)19-20-49(42)53(30-43)55-31-44-26-40(17-21-54(44)74-55)51(33-60(66)67)39-15-14-38-16-18-47(28-41(38)25-39)72-35-58(64)62-45-10-6-2-3-7-11-45/h14-21,24-32,45-46,51-52H,2-13,22-23,33-36H2,1H3,(H,62,64)(H,63,65)(H,66,67)(H,68,69). The van der Waals surface area contributed by atoms with Crippen molar-refractivity contribution >= 4 is 56.3 Å². The minimum Gasteiger partial charge on any atom is -0.486 e. The number of fused-ring (bicyclic) bond motifs is 4. The Balaban J connectivity index is 0.972. The zero-order valence-electron chi connectivity index (χ0n) is 41.9. The first kappa shape index (κ1) is 50.0. The molecule has 2 heterocycles. The first-order valence-corrected chi connectivity index (χ1v) is 26.3. The van der Waals surface area contributed by atoms with Crippen LogP contribution >= 0.6 is 0 Å². The average molecular weight is 1000 g/mol.